The van der Waals surface area contributed by atoms with E-state index in [1.54, 1.807) is 18.2 Å². The van der Waals surface area contributed by atoms with Crippen LogP contribution in [0.5, 0.6) is 11.5 Å². The van der Waals surface area contributed by atoms with Crippen molar-refractivity contribution >= 4 is 17.1 Å². The fourth-order valence-electron chi connectivity index (χ4n) is 5.44. The number of hydrogen-bond acceptors (Lipinski definition) is 8. The number of ether oxygens (including phenoxy) is 3. The van der Waals surface area contributed by atoms with Gasteiger partial charge >= 0.3 is 5.97 Å². The lowest BCUT2D eigenvalue weighted by atomic mass is 10.1. The molecule has 4 heterocycles. The molecule has 12 heteroatoms. The molecule has 0 amide bonds. The van der Waals surface area contributed by atoms with E-state index in [0.29, 0.717) is 30.2 Å². The quantitative estimate of drug-likeness (QED) is 0.262. The van der Waals surface area contributed by atoms with Crippen LogP contribution >= 0.6 is 0 Å². The summed E-state index contributed by atoms with van der Waals surface area (Å²) in [6, 6.07) is 13.7. The highest BCUT2D eigenvalue weighted by Gasteiger charge is 2.26. The number of hydrogen-bond donors (Lipinski definition) is 1. The number of aliphatic carboxylic acids is 1. The Balaban J connectivity index is 1.07. The monoisotopic (exact) mass is 603 g/mol. The Bertz CT molecular complexity index is 1710. The van der Waals surface area contributed by atoms with Crippen LogP contribution in [-0.4, -0.2) is 62.4 Å². The van der Waals surface area contributed by atoms with Crippen LogP contribution in [0.4, 0.5) is 8.78 Å². The molecule has 4 aromatic rings. The van der Waals surface area contributed by atoms with Gasteiger partial charge in [-0.3, -0.25) is 9.69 Å². The lowest BCUT2D eigenvalue weighted by Crippen LogP contribution is -2.39. The van der Waals surface area contributed by atoms with Crippen molar-refractivity contribution in [2.45, 2.75) is 57.6 Å². The van der Waals surface area contributed by atoms with Gasteiger partial charge in [-0.1, -0.05) is 0 Å². The summed E-state index contributed by atoms with van der Waals surface area (Å²) in [5.74, 6) is -0.798. The van der Waals surface area contributed by atoms with Gasteiger partial charge in [-0.25, -0.2) is 18.7 Å². The van der Waals surface area contributed by atoms with E-state index in [1.165, 1.54) is 18.2 Å². The number of imidazole rings is 1. The van der Waals surface area contributed by atoms with Crippen LogP contribution in [-0.2, 0) is 35.6 Å². The van der Waals surface area contributed by atoms with E-state index in [9.17, 15) is 18.7 Å². The minimum absolute atomic E-state index is 0.0627. The summed E-state index contributed by atoms with van der Waals surface area (Å²) in [4.78, 5) is 23.0. The van der Waals surface area contributed by atoms with Crippen molar-refractivity contribution in [1.29, 1.82) is 5.26 Å². The lowest BCUT2D eigenvalue weighted by Gasteiger charge is -2.32. The van der Waals surface area contributed by atoms with Crippen molar-refractivity contribution in [3.05, 3.63) is 82.8 Å². The number of likely N-dealkylation sites (tertiary alicyclic amines) is 1. The molecule has 228 valence electrons. The molecule has 10 nitrogen and oxygen atoms in total. The fraction of sp³-hybridized carbons (Fsp3) is 0.375. The van der Waals surface area contributed by atoms with E-state index in [1.807, 2.05) is 12.1 Å². The summed E-state index contributed by atoms with van der Waals surface area (Å²) in [5, 5.41) is 18.1. The summed E-state index contributed by atoms with van der Waals surface area (Å²) in [7, 11) is 0. The third-order valence-corrected chi connectivity index (χ3v) is 7.90. The van der Waals surface area contributed by atoms with Crippen LogP contribution < -0.4 is 9.47 Å². The second-order valence-corrected chi connectivity index (χ2v) is 11.0. The molecule has 1 atom stereocenters. The number of benzene rings is 2. The smallest absolute Gasteiger partial charge is 0.309 e. The number of nitrogens with zero attached hydrogens (tertiary/aromatic N) is 5. The number of aromatic nitrogens is 3. The second kappa shape index (κ2) is 13.0. The predicted octanol–water partition coefficient (Wildman–Crippen LogP) is 4.62. The average molecular weight is 604 g/mol. The van der Waals surface area contributed by atoms with Gasteiger partial charge in [0.15, 0.2) is 17.2 Å². The standard InChI is InChI=1S/C32H31F2N5O5/c33-26-4-3-24(14-21(26)19-43-29-6-1-20(16-35)13-27(29)34)44-23-7-10-38(11-8-23)18-30-37-28-5-2-22(15-31(40)41)36-32(28)39(30)17-25-9-12-42-25/h1-6,13-14,23,25H,7-12,15,17-19H2,(H,40,41)/t25-/m0/s1. The number of carboxylic acids is 1. The van der Waals surface area contributed by atoms with Gasteiger partial charge in [0.2, 0.25) is 0 Å². The van der Waals surface area contributed by atoms with Crippen LogP contribution in [0.15, 0.2) is 48.5 Å². The normalized spacial score (nSPS) is 17.2. The Kier molecular flexibility index (Phi) is 8.67. The molecule has 1 N–H and O–H groups in total. The number of rotatable bonds is 11. The molecule has 2 aliphatic rings. The van der Waals surface area contributed by atoms with Crippen LogP contribution in [0, 0.1) is 23.0 Å². The Morgan fingerprint density at radius 1 is 1.07 bits per heavy atom. The first-order valence-corrected chi connectivity index (χ1v) is 14.5. The molecule has 44 heavy (non-hydrogen) atoms. The van der Waals surface area contributed by atoms with Crippen LogP contribution in [0.25, 0.3) is 11.2 Å². The van der Waals surface area contributed by atoms with Crippen LogP contribution in [0.1, 0.15) is 41.9 Å². The van der Waals surface area contributed by atoms with E-state index in [-0.39, 0.29) is 42.1 Å². The zero-order valence-electron chi connectivity index (χ0n) is 23.9. The van der Waals surface area contributed by atoms with E-state index < -0.39 is 17.6 Å². The highest BCUT2D eigenvalue weighted by atomic mass is 19.1. The van der Waals surface area contributed by atoms with Crippen molar-refractivity contribution in [2.24, 2.45) is 0 Å². The number of carbonyl (C=O) groups is 1. The SMILES string of the molecule is N#Cc1ccc(OCc2cc(OC3CCN(Cc4nc5ccc(CC(=O)O)nc5n4C[C@@H]4CCO4)CC3)ccc2F)c(F)c1. The molecular formula is C32H31F2N5O5. The van der Waals surface area contributed by atoms with Gasteiger partial charge in [0.1, 0.15) is 35.6 Å². The van der Waals surface area contributed by atoms with Gasteiger partial charge in [-0.15, -0.1) is 0 Å². The first-order chi connectivity index (χ1) is 21.3. The highest BCUT2D eigenvalue weighted by Crippen LogP contribution is 2.26. The molecule has 0 radical (unpaired) electrons. The maximum absolute atomic E-state index is 14.5. The highest BCUT2D eigenvalue weighted by molar-refractivity contribution is 5.74. The third kappa shape index (κ3) is 6.79. The maximum atomic E-state index is 14.5. The molecule has 0 aliphatic carbocycles. The van der Waals surface area contributed by atoms with E-state index in [2.05, 4.69) is 14.5 Å². The Morgan fingerprint density at radius 2 is 1.89 bits per heavy atom. The minimum atomic E-state index is -0.931. The number of piperidine rings is 1. The maximum Gasteiger partial charge on any atom is 0.309 e. The average Bonchev–Trinajstić information content (AvgIpc) is 3.32. The topological polar surface area (TPSA) is 123 Å². The Labute approximate surface area is 252 Å². The first-order valence-electron chi connectivity index (χ1n) is 14.5. The summed E-state index contributed by atoms with van der Waals surface area (Å²) in [6.07, 6.45) is 2.34. The number of fused-ring (bicyclic) bond motifs is 1. The molecule has 0 saturated carbocycles. The predicted molar refractivity (Wildman–Crippen MR) is 154 cm³/mol. The zero-order valence-corrected chi connectivity index (χ0v) is 23.9. The molecule has 2 saturated heterocycles. The van der Waals surface area contributed by atoms with Crippen molar-refractivity contribution in [1.82, 2.24) is 19.4 Å². The molecular weight excluding hydrogens is 572 g/mol. The van der Waals surface area contributed by atoms with Gasteiger partial charge in [-0.05, 0) is 67.8 Å². The Morgan fingerprint density at radius 3 is 2.59 bits per heavy atom. The molecule has 6 rings (SSSR count). The van der Waals surface area contributed by atoms with E-state index >= 15 is 0 Å². The summed E-state index contributed by atoms with van der Waals surface area (Å²) < 4.78 is 48.1. The lowest BCUT2D eigenvalue weighted by molar-refractivity contribution is -0.136. The van der Waals surface area contributed by atoms with Gasteiger partial charge < -0.3 is 23.9 Å². The fourth-order valence-corrected chi connectivity index (χ4v) is 5.44. The first kappa shape index (κ1) is 29.5. The molecule has 0 spiro atoms. The van der Waals surface area contributed by atoms with Crippen molar-refractivity contribution in [3.63, 3.8) is 0 Å². The number of carboxylic acid groups (broad SMARTS) is 1. The number of nitriles is 1. The Hall–Kier alpha value is -4.60. The molecule has 2 aliphatic heterocycles. The molecule has 2 aromatic carbocycles. The van der Waals surface area contributed by atoms with Gasteiger partial charge in [0.25, 0.3) is 0 Å². The van der Waals surface area contributed by atoms with Crippen molar-refractivity contribution in [2.75, 3.05) is 19.7 Å². The third-order valence-electron chi connectivity index (χ3n) is 7.90. The summed E-state index contributed by atoms with van der Waals surface area (Å²) >= 11 is 0. The van der Waals surface area contributed by atoms with Crippen LogP contribution in [0.3, 0.4) is 0 Å². The number of pyridine rings is 1. The van der Waals surface area contributed by atoms with Crippen LogP contribution in [0.2, 0.25) is 0 Å². The molecule has 0 unspecified atom stereocenters. The van der Waals surface area contributed by atoms with Gasteiger partial charge in [-0.2, -0.15) is 5.26 Å². The summed E-state index contributed by atoms with van der Waals surface area (Å²) in [6.45, 7) is 3.29. The van der Waals surface area contributed by atoms with Crippen molar-refractivity contribution < 1.29 is 32.9 Å². The van der Waals surface area contributed by atoms with E-state index in [4.69, 9.17) is 24.5 Å². The molecule has 0 bridgehead atoms. The van der Waals surface area contributed by atoms with Gasteiger partial charge in [0, 0.05) is 25.3 Å². The molecule has 2 fully saturated rings. The zero-order chi connectivity index (χ0) is 30.6. The van der Waals surface area contributed by atoms with Crippen molar-refractivity contribution in [3.8, 4) is 17.6 Å². The van der Waals surface area contributed by atoms with E-state index in [0.717, 1.165) is 56.4 Å². The summed E-state index contributed by atoms with van der Waals surface area (Å²) in [5.41, 5.74) is 2.29. The second-order valence-electron chi connectivity index (χ2n) is 11.0. The largest absolute Gasteiger partial charge is 0.490 e. The number of halogens is 2. The van der Waals surface area contributed by atoms with Gasteiger partial charge in [0.05, 0.1) is 42.9 Å². The minimum Gasteiger partial charge on any atom is -0.490 e. The molecule has 2 aromatic heterocycles.